The number of alkyl halides is 2. The number of nitro groups is 1. The van der Waals surface area contributed by atoms with Crippen LogP contribution in [0.5, 0.6) is 5.75 Å². The maximum absolute atomic E-state index is 12.0. The van der Waals surface area contributed by atoms with Gasteiger partial charge in [0.25, 0.3) is 5.69 Å². The summed E-state index contributed by atoms with van der Waals surface area (Å²) in [5.41, 5.74) is -0.890. The van der Waals surface area contributed by atoms with Crippen LogP contribution in [0.25, 0.3) is 0 Å². The van der Waals surface area contributed by atoms with E-state index in [9.17, 15) is 23.7 Å². The first-order valence-corrected chi connectivity index (χ1v) is 4.21. The number of carbonyl (C=O) groups excluding carboxylic acids is 1. The molecule has 0 saturated carbocycles. The number of benzene rings is 1. The summed E-state index contributed by atoms with van der Waals surface area (Å²) >= 11 is 5.50. The van der Waals surface area contributed by atoms with E-state index in [1.54, 1.807) is 0 Å². The van der Waals surface area contributed by atoms with Crippen LogP contribution >= 0.6 is 11.6 Å². The molecule has 5 nitrogen and oxygen atoms in total. The predicted molar refractivity (Wildman–Crippen MR) is 50.1 cm³/mol. The van der Waals surface area contributed by atoms with Crippen molar-refractivity contribution >= 4 is 23.6 Å². The fourth-order valence-corrected chi connectivity index (χ4v) is 1.24. The topological polar surface area (TPSA) is 69.4 Å². The lowest BCUT2D eigenvalue weighted by Gasteiger charge is -2.07. The van der Waals surface area contributed by atoms with Gasteiger partial charge in [0.15, 0.2) is 6.29 Å². The van der Waals surface area contributed by atoms with E-state index in [-0.39, 0.29) is 16.9 Å². The number of aldehydes is 1. The standard InChI is InChI=1S/C8H4ClF2NO4/c9-6-1-4(12(14)15)2-7(5(6)3-13)16-8(10)11/h1-3,8H. The molecule has 0 atom stereocenters. The van der Waals surface area contributed by atoms with Crippen molar-refractivity contribution in [1.82, 2.24) is 0 Å². The Morgan fingerprint density at radius 1 is 1.50 bits per heavy atom. The molecule has 1 rings (SSSR count). The van der Waals surface area contributed by atoms with E-state index in [0.717, 1.165) is 6.07 Å². The van der Waals surface area contributed by atoms with Gasteiger partial charge in [-0.05, 0) is 0 Å². The molecular weight excluding hydrogens is 248 g/mol. The Kier molecular flexibility index (Phi) is 3.73. The molecule has 0 aliphatic carbocycles. The van der Waals surface area contributed by atoms with Gasteiger partial charge in [0.1, 0.15) is 5.75 Å². The van der Waals surface area contributed by atoms with Gasteiger partial charge in [0.2, 0.25) is 0 Å². The first-order chi connectivity index (χ1) is 7.45. The molecule has 16 heavy (non-hydrogen) atoms. The summed E-state index contributed by atoms with van der Waals surface area (Å²) in [6.45, 7) is -3.20. The highest BCUT2D eigenvalue weighted by Gasteiger charge is 2.18. The molecular formula is C8H4ClF2NO4. The fourth-order valence-electron chi connectivity index (χ4n) is 0.992. The van der Waals surface area contributed by atoms with Crippen LogP contribution in [-0.2, 0) is 0 Å². The third-order valence-electron chi connectivity index (χ3n) is 1.62. The molecule has 0 aliphatic heterocycles. The normalized spacial score (nSPS) is 10.2. The van der Waals surface area contributed by atoms with E-state index in [1.807, 2.05) is 0 Å². The van der Waals surface area contributed by atoms with Crippen LogP contribution in [-0.4, -0.2) is 17.8 Å². The van der Waals surface area contributed by atoms with Crippen molar-refractivity contribution in [2.24, 2.45) is 0 Å². The summed E-state index contributed by atoms with van der Waals surface area (Å²) in [5, 5.41) is 10.1. The minimum absolute atomic E-state index is 0.184. The zero-order valence-corrected chi connectivity index (χ0v) is 8.28. The molecule has 0 N–H and O–H groups in total. The van der Waals surface area contributed by atoms with Gasteiger partial charge in [-0.1, -0.05) is 11.6 Å². The molecule has 1 aromatic carbocycles. The highest BCUT2D eigenvalue weighted by atomic mass is 35.5. The summed E-state index contributed by atoms with van der Waals surface area (Å²) < 4.78 is 27.9. The molecule has 0 radical (unpaired) electrons. The second kappa shape index (κ2) is 4.84. The summed E-state index contributed by atoms with van der Waals surface area (Å²) in [7, 11) is 0. The maximum Gasteiger partial charge on any atom is 0.387 e. The third kappa shape index (κ3) is 2.63. The molecule has 86 valence electrons. The van der Waals surface area contributed by atoms with Crippen LogP contribution in [0, 0.1) is 10.1 Å². The highest BCUT2D eigenvalue weighted by molar-refractivity contribution is 6.33. The van der Waals surface area contributed by atoms with Crippen molar-refractivity contribution in [3.8, 4) is 5.75 Å². The van der Waals surface area contributed by atoms with E-state index in [4.69, 9.17) is 11.6 Å². The Morgan fingerprint density at radius 3 is 2.56 bits per heavy atom. The molecule has 0 aromatic heterocycles. The van der Waals surface area contributed by atoms with Gasteiger partial charge in [-0.2, -0.15) is 8.78 Å². The highest BCUT2D eigenvalue weighted by Crippen LogP contribution is 2.31. The minimum Gasteiger partial charge on any atom is -0.434 e. The van der Waals surface area contributed by atoms with Gasteiger partial charge in [0.05, 0.1) is 21.6 Å². The SMILES string of the molecule is O=Cc1c(Cl)cc([N+](=O)[O-])cc1OC(F)F. The molecule has 0 unspecified atom stereocenters. The molecule has 0 bridgehead atoms. The number of non-ortho nitro benzene ring substituents is 1. The number of halogens is 3. The van der Waals surface area contributed by atoms with E-state index in [1.165, 1.54) is 0 Å². The van der Waals surface area contributed by atoms with Gasteiger partial charge < -0.3 is 4.74 Å². The lowest BCUT2D eigenvalue weighted by molar-refractivity contribution is -0.385. The van der Waals surface area contributed by atoms with Crippen molar-refractivity contribution in [3.05, 3.63) is 32.8 Å². The summed E-state index contributed by atoms with van der Waals surface area (Å²) in [6, 6.07) is 1.59. The van der Waals surface area contributed by atoms with Crippen molar-refractivity contribution in [2.45, 2.75) is 6.61 Å². The van der Waals surface area contributed by atoms with Crippen molar-refractivity contribution in [3.63, 3.8) is 0 Å². The zero-order chi connectivity index (χ0) is 12.3. The Bertz CT molecular complexity index is 438. The molecule has 0 amide bonds. The molecule has 0 heterocycles. The Hall–Kier alpha value is -1.76. The molecule has 0 fully saturated rings. The number of hydrogen-bond acceptors (Lipinski definition) is 4. The van der Waals surface area contributed by atoms with Crippen LogP contribution in [0.15, 0.2) is 12.1 Å². The lowest BCUT2D eigenvalue weighted by Crippen LogP contribution is -2.05. The summed E-state index contributed by atoms with van der Waals surface area (Å²) in [6.07, 6.45) is 0.184. The van der Waals surface area contributed by atoms with E-state index in [2.05, 4.69) is 4.74 Å². The quantitative estimate of drug-likeness (QED) is 0.469. The van der Waals surface area contributed by atoms with Gasteiger partial charge in [-0.15, -0.1) is 0 Å². The average molecular weight is 252 g/mol. The van der Waals surface area contributed by atoms with Crippen LogP contribution in [0.4, 0.5) is 14.5 Å². The van der Waals surface area contributed by atoms with Gasteiger partial charge in [0, 0.05) is 6.07 Å². The molecule has 0 aliphatic rings. The zero-order valence-electron chi connectivity index (χ0n) is 7.52. The number of rotatable bonds is 4. The molecule has 8 heteroatoms. The third-order valence-corrected chi connectivity index (χ3v) is 1.93. The maximum atomic E-state index is 12.0. The van der Waals surface area contributed by atoms with E-state index >= 15 is 0 Å². The van der Waals surface area contributed by atoms with E-state index < -0.39 is 23.0 Å². The van der Waals surface area contributed by atoms with Crippen molar-refractivity contribution in [1.29, 1.82) is 0 Å². The summed E-state index contributed by atoms with van der Waals surface area (Å²) in [4.78, 5) is 20.1. The molecule has 0 spiro atoms. The average Bonchev–Trinajstić information content (AvgIpc) is 2.16. The number of nitrogens with zero attached hydrogens (tertiary/aromatic N) is 1. The van der Waals surface area contributed by atoms with Crippen molar-refractivity contribution < 1.29 is 23.2 Å². The second-order valence-electron chi connectivity index (χ2n) is 2.59. The monoisotopic (exact) mass is 251 g/mol. The van der Waals surface area contributed by atoms with Crippen molar-refractivity contribution in [2.75, 3.05) is 0 Å². The minimum atomic E-state index is -3.20. The Labute approximate surface area is 92.7 Å². The van der Waals surface area contributed by atoms with Gasteiger partial charge in [-0.3, -0.25) is 14.9 Å². The Morgan fingerprint density at radius 2 is 2.12 bits per heavy atom. The Balaban J connectivity index is 3.30. The number of hydrogen-bond donors (Lipinski definition) is 0. The predicted octanol–water partition coefficient (Wildman–Crippen LogP) is 2.66. The van der Waals surface area contributed by atoms with Crippen LogP contribution < -0.4 is 4.74 Å². The first-order valence-electron chi connectivity index (χ1n) is 3.83. The number of nitro benzene ring substituents is 1. The largest absolute Gasteiger partial charge is 0.434 e. The van der Waals surface area contributed by atoms with Gasteiger partial charge >= 0.3 is 6.61 Å². The fraction of sp³-hybridized carbons (Fsp3) is 0.125. The first kappa shape index (κ1) is 12.3. The van der Waals surface area contributed by atoms with Crippen LogP contribution in [0.2, 0.25) is 5.02 Å². The molecule has 0 saturated heterocycles. The van der Waals surface area contributed by atoms with Crippen LogP contribution in [0.3, 0.4) is 0 Å². The smallest absolute Gasteiger partial charge is 0.387 e. The van der Waals surface area contributed by atoms with Crippen LogP contribution in [0.1, 0.15) is 10.4 Å². The number of ether oxygens (including phenoxy) is 1. The second-order valence-corrected chi connectivity index (χ2v) is 3.00. The summed E-state index contributed by atoms with van der Waals surface area (Å²) in [5.74, 6) is -0.621. The van der Waals surface area contributed by atoms with Gasteiger partial charge in [-0.25, -0.2) is 0 Å². The number of carbonyl (C=O) groups is 1. The lowest BCUT2D eigenvalue weighted by atomic mass is 10.2. The van der Waals surface area contributed by atoms with E-state index in [0.29, 0.717) is 6.07 Å². The molecule has 1 aromatic rings.